The summed E-state index contributed by atoms with van der Waals surface area (Å²) in [6.07, 6.45) is 0.583. The van der Waals surface area contributed by atoms with E-state index < -0.39 is 10.7 Å². The lowest BCUT2D eigenvalue weighted by Gasteiger charge is -2.00. The van der Waals surface area contributed by atoms with Crippen LogP contribution in [0.3, 0.4) is 0 Å². The van der Waals surface area contributed by atoms with E-state index in [4.69, 9.17) is 11.6 Å². The van der Waals surface area contributed by atoms with E-state index in [0.29, 0.717) is 22.0 Å². The van der Waals surface area contributed by atoms with Gasteiger partial charge in [-0.1, -0.05) is 52.3 Å². The molecule has 1 N–H and O–H groups in total. The van der Waals surface area contributed by atoms with Gasteiger partial charge in [0.05, 0.1) is 5.10 Å². The van der Waals surface area contributed by atoms with E-state index in [2.05, 4.69) is 10.1 Å². The third kappa shape index (κ3) is 3.75. The maximum atomic E-state index is 11.3. The van der Waals surface area contributed by atoms with Crippen molar-refractivity contribution in [3.05, 3.63) is 80.3 Å². The van der Waals surface area contributed by atoms with Crippen molar-refractivity contribution in [1.82, 2.24) is 14.7 Å². The Balaban J connectivity index is 1.95. The molecule has 0 aliphatic rings. The van der Waals surface area contributed by atoms with Crippen molar-refractivity contribution < 1.29 is 10.1 Å². The molecule has 0 atom stereocenters. The fourth-order valence-corrected chi connectivity index (χ4v) is 2.61. The molecule has 0 fully saturated rings. The normalized spacial score (nSPS) is 11.7. The summed E-state index contributed by atoms with van der Waals surface area (Å²) in [4.78, 5) is 16.3. The van der Waals surface area contributed by atoms with Gasteiger partial charge in [0, 0.05) is 11.6 Å². The molecule has 0 amide bonds. The summed E-state index contributed by atoms with van der Waals surface area (Å²) < 4.78 is 0. The molecule has 26 heavy (non-hydrogen) atoms. The van der Waals surface area contributed by atoms with Crippen LogP contribution in [0.4, 0.5) is 5.82 Å². The highest BCUT2D eigenvalue weighted by Crippen LogP contribution is 2.14. The highest BCUT2D eigenvalue weighted by atomic mass is 35.5. The zero-order valence-electron chi connectivity index (χ0n) is 13.9. The number of rotatable bonds is 5. The summed E-state index contributed by atoms with van der Waals surface area (Å²) in [5.41, 5.74) is 2.36. The molecule has 8 nitrogen and oxygen atoms in total. The summed E-state index contributed by atoms with van der Waals surface area (Å²) in [7, 11) is 0. The molecule has 134 valence electrons. The first kappa shape index (κ1) is 17.7. The Morgan fingerprint density at radius 3 is 2.65 bits per heavy atom. The smallest absolute Gasteiger partial charge is 0.409 e. The second-order valence-corrected chi connectivity index (χ2v) is 6.12. The molecule has 0 saturated heterocycles. The summed E-state index contributed by atoms with van der Waals surface area (Å²) in [6, 6.07) is 14.4. The summed E-state index contributed by atoms with van der Waals surface area (Å²) in [6.45, 7) is 2.27. The largest absolute Gasteiger partial charge is 0.438 e. The molecule has 0 radical (unpaired) electrons. The van der Waals surface area contributed by atoms with Crippen LogP contribution in [0, 0.1) is 17.0 Å². The topological polar surface area (TPSA) is 98.5 Å². The highest BCUT2D eigenvalue weighted by Gasteiger charge is 2.23. The minimum absolute atomic E-state index is 0.220. The minimum atomic E-state index is -0.682. The zero-order chi connectivity index (χ0) is 18.7. The van der Waals surface area contributed by atoms with Crippen LogP contribution in [0.5, 0.6) is 0 Å². The van der Waals surface area contributed by atoms with Crippen LogP contribution in [-0.4, -0.2) is 31.4 Å². The van der Waals surface area contributed by atoms with Gasteiger partial charge in [-0.15, -0.1) is 0 Å². The SMILES string of the molecule is Cc1ccc(CCN=c2c([N+](=O)[O-])nn(-c3cccc(Cl)c3)n2O)cc1. The van der Waals surface area contributed by atoms with Crippen LogP contribution in [0.1, 0.15) is 11.1 Å². The van der Waals surface area contributed by atoms with E-state index in [-0.39, 0.29) is 12.0 Å². The molecule has 1 heterocycles. The van der Waals surface area contributed by atoms with Crippen LogP contribution in [0.25, 0.3) is 5.69 Å². The van der Waals surface area contributed by atoms with E-state index in [0.717, 1.165) is 15.9 Å². The Morgan fingerprint density at radius 2 is 2.00 bits per heavy atom. The number of nitrogens with zero attached hydrogens (tertiary/aromatic N) is 5. The van der Waals surface area contributed by atoms with Gasteiger partial charge in [0.1, 0.15) is 5.69 Å². The molecule has 0 spiro atoms. The molecule has 0 aliphatic carbocycles. The Labute approximate surface area is 153 Å². The van der Waals surface area contributed by atoms with Gasteiger partial charge in [0.15, 0.2) is 0 Å². The molecule has 2 aromatic carbocycles. The number of hydrogen-bond acceptors (Lipinski definition) is 5. The molecule has 0 saturated carbocycles. The van der Waals surface area contributed by atoms with Gasteiger partial charge in [-0.25, -0.2) is 0 Å². The first-order valence-electron chi connectivity index (χ1n) is 7.83. The second kappa shape index (κ2) is 7.40. The van der Waals surface area contributed by atoms with Crippen molar-refractivity contribution in [2.75, 3.05) is 6.54 Å². The average molecular weight is 374 g/mol. The van der Waals surface area contributed by atoms with Gasteiger partial charge < -0.3 is 15.3 Å². The van der Waals surface area contributed by atoms with E-state index in [9.17, 15) is 15.3 Å². The molecular weight excluding hydrogens is 358 g/mol. The Kier molecular flexibility index (Phi) is 5.04. The fourth-order valence-electron chi connectivity index (χ4n) is 2.42. The predicted molar refractivity (Wildman–Crippen MR) is 95.7 cm³/mol. The first-order valence-corrected chi connectivity index (χ1v) is 8.21. The Hall–Kier alpha value is -3.13. The molecule has 0 bridgehead atoms. The van der Waals surface area contributed by atoms with E-state index >= 15 is 0 Å². The molecule has 0 unspecified atom stereocenters. The van der Waals surface area contributed by atoms with Gasteiger partial charge >= 0.3 is 5.82 Å². The van der Waals surface area contributed by atoms with Crippen LogP contribution in [-0.2, 0) is 6.42 Å². The highest BCUT2D eigenvalue weighted by molar-refractivity contribution is 6.30. The van der Waals surface area contributed by atoms with Crippen molar-refractivity contribution in [3.8, 4) is 5.69 Å². The Morgan fingerprint density at radius 1 is 1.27 bits per heavy atom. The number of aromatic nitrogens is 3. The number of aryl methyl sites for hydroxylation is 1. The van der Waals surface area contributed by atoms with Gasteiger partial charge in [0.25, 0.3) is 5.49 Å². The number of nitro groups is 1. The summed E-state index contributed by atoms with van der Waals surface area (Å²) in [5, 5.41) is 25.8. The molecular formula is C17H16ClN5O3. The van der Waals surface area contributed by atoms with Crippen LogP contribution in [0.2, 0.25) is 5.02 Å². The van der Waals surface area contributed by atoms with Gasteiger partial charge in [-0.2, -0.15) is 0 Å². The first-order chi connectivity index (χ1) is 12.5. The van der Waals surface area contributed by atoms with E-state index in [1.165, 1.54) is 6.07 Å². The lowest BCUT2D eigenvalue weighted by molar-refractivity contribution is -0.391. The summed E-state index contributed by atoms with van der Waals surface area (Å²) in [5.74, 6) is -0.531. The quantitative estimate of drug-likeness (QED) is 0.422. The summed E-state index contributed by atoms with van der Waals surface area (Å²) >= 11 is 5.93. The molecule has 3 rings (SSSR count). The minimum Gasteiger partial charge on any atom is -0.409 e. The predicted octanol–water partition coefficient (Wildman–Crippen LogP) is 2.92. The maximum absolute atomic E-state index is 11.3. The van der Waals surface area contributed by atoms with E-state index in [1.54, 1.807) is 18.2 Å². The van der Waals surface area contributed by atoms with Crippen molar-refractivity contribution in [2.45, 2.75) is 13.3 Å². The standard InChI is InChI=1S/C17H16ClN5O3/c1-12-5-7-13(8-6-12)9-10-19-16-17(23(25)26)20-21(22(16)24)15-4-2-3-14(18)11-15/h2-8,11,24H,9-10H2,1H3. The molecule has 1 aromatic heterocycles. The van der Waals surface area contributed by atoms with Gasteiger partial charge in [-0.3, -0.25) is 4.99 Å². The third-order valence-corrected chi connectivity index (χ3v) is 3.99. The third-order valence-electron chi connectivity index (χ3n) is 3.75. The van der Waals surface area contributed by atoms with E-state index in [1.807, 2.05) is 31.2 Å². The van der Waals surface area contributed by atoms with Crippen molar-refractivity contribution in [2.24, 2.45) is 4.99 Å². The zero-order valence-corrected chi connectivity index (χ0v) is 14.7. The van der Waals surface area contributed by atoms with Crippen LogP contribution in [0.15, 0.2) is 53.5 Å². The van der Waals surface area contributed by atoms with Gasteiger partial charge in [0.2, 0.25) is 0 Å². The van der Waals surface area contributed by atoms with Crippen molar-refractivity contribution in [1.29, 1.82) is 0 Å². The number of halogens is 1. The Bertz CT molecular complexity index is 1010. The average Bonchev–Trinajstić information content (AvgIpc) is 2.94. The second-order valence-electron chi connectivity index (χ2n) is 5.68. The van der Waals surface area contributed by atoms with Crippen LogP contribution < -0.4 is 5.49 Å². The molecule has 9 heteroatoms. The van der Waals surface area contributed by atoms with Crippen LogP contribution >= 0.6 is 11.6 Å². The maximum Gasteiger partial charge on any atom is 0.438 e. The lowest BCUT2D eigenvalue weighted by atomic mass is 10.1. The fraction of sp³-hybridized carbons (Fsp3) is 0.176. The van der Waals surface area contributed by atoms with Gasteiger partial charge in [-0.05, 0) is 46.8 Å². The molecule has 3 aromatic rings. The van der Waals surface area contributed by atoms with Crippen molar-refractivity contribution >= 4 is 17.4 Å². The lowest BCUT2D eigenvalue weighted by Crippen LogP contribution is -2.23. The molecule has 0 aliphatic heterocycles. The number of hydrogen-bond donors (Lipinski definition) is 1. The monoisotopic (exact) mass is 373 g/mol. The van der Waals surface area contributed by atoms with Crippen molar-refractivity contribution in [3.63, 3.8) is 0 Å². The number of benzene rings is 2.